The van der Waals surface area contributed by atoms with Crippen molar-refractivity contribution in [2.75, 3.05) is 7.05 Å². The second-order valence-electron chi connectivity index (χ2n) is 5.41. The number of benzene rings is 1. The molecule has 20 heavy (non-hydrogen) atoms. The largest absolute Gasteiger partial charge is 0.341 e. The molecule has 0 aliphatic carbocycles. The number of hydrogen-bond donors (Lipinski definition) is 1. The molecule has 1 rings (SSSR count). The monoisotopic (exact) mass is 276 g/mol. The highest BCUT2D eigenvalue weighted by Gasteiger charge is 2.20. The molecule has 1 amide bonds. The first-order valence-electron chi connectivity index (χ1n) is 7.65. The van der Waals surface area contributed by atoms with Crippen LogP contribution in [0.15, 0.2) is 24.3 Å². The van der Waals surface area contributed by atoms with Crippen molar-refractivity contribution in [3.05, 3.63) is 35.4 Å². The number of carbonyl (C=O) groups excluding carboxylic acids is 1. The number of nitrogens with zero attached hydrogens (tertiary/aromatic N) is 1. The van der Waals surface area contributed by atoms with E-state index in [-0.39, 0.29) is 11.8 Å². The molecule has 1 unspecified atom stereocenters. The zero-order chi connectivity index (χ0) is 15.0. The van der Waals surface area contributed by atoms with Crippen molar-refractivity contribution in [1.82, 2.24) is 4.90 Å². The van der Waals surface area contributed by atoms with E-state index in [2.05, 4.69) is 19.9 Å². The van der Waals surface area contributed by atoms with Gasteiger partial charge in [-0.05, 0) is 24.0 Å². The molecule has 0 aliphatic heterocycles. The van der Waals surface area contributed by atoms with Crippen molar-refractivity contribution in [2.45, 2.75) is 52.6 Å². The maximum atomic E-state index is 12.5. The number of rotatable bonds is 8. The molecular formula is C17H28N2O. The molecule has 0 spiro atoms. The summed E-state index contributed by atoms with van der Waals surface area (Å²) < 4.78 is 0. The Morgan fingerprint density at radius 2 is 1.90 bits per heavy atom. The van der Waals surface area contributed by atoms with Crippen LogP contribution < -0.4 is 5.73 Å². The number of amides is 1. The molecule has 0 aromatic heterocycles. The lowest BCUT2D eigenvalue weighted by Gasteiger charge is -2.24. The number of unbranched alkanes of at least 4 members (excludes halogenated alkanes) is 1. The number of hydrogen-bond acceptors (Lipinski definition) is 2. The SMILES string of the molecule is CCCCC(CC)C(=O)N(C)Cc1ccccc1CN. The van der Waals surface area contributed by atoms with Crippen molar-refractivity contribution in [2.24, 2.45) is 11.7 Å². The van der Waals surface area contributed by atoms with E-state index in [4.69, 9.17) is 5.73 Å². The van der Waals surface area contributed by atoms with Gasteiger partial charge in [0.05, 0.1) is 0 Å². The van der Waals surface area contributed by atoms with Gasteiger partial charge in [0, 0.05) is 26.1 Å². The first kappa shape index (κ1) is 16.7. The zero-order valence-corrected chi connectivity index (χ0v) is 13.1. The van der Waals surface area contributed by atoms with Gasteiger partial charge in [0.15, 0.2) is 0 Å². The van der Waals surface area contributed by atoms with Gasteiger partial charge in [-0.15, -0.1) is 0 Å². The highest BCUT2D eigenvalue weighted by molar-refractivity contribution is 5.78. The van der Waals surface area contributed by atoms with Gasteiger partial charge >= 0.3 is 0 Å². The molecule has 0 bridgehead atoms. The van der Waals surface area contributed by atoms with Crippen LogP contribution in [-0.2, 0) is 17.9 Å². The van der Waals surface area contributed by atoms with Crippen molar-refractivity contribution in [1.29, 1.82) is 0 Å². The molecule has 0 heterocycles. The van der Waals surface area contributed by atoms with Crippen molar-refractivity contribution < 1.29 is 4.79 Å². The maximum Gasteiger partial charge on any atom is 0.225 e. The first-order chi connectivity index (χ1) is 9.63. The summed E-state index contributed by atoms with van der Waals surface area (Å²) in [5.41, 5.74) is 8.02. The van der Waals surface area contributed by atoms with E-state index < -0.39 is 0 Å². The summed E-state index contributed by atoms with van der Waals surface area (Å²) in [4.78, 5) is 14.3. The minimum absolute atomic E-state index is 0.157. The van der Waals surface area contributed by atoms with Crippen LogP contribution in [-0.4, -0.2) is 17.9 Å². The Bertz CT molecular complexity index is 417. The van der Waals surface area contributed by atoms with E-state index in [1.807, 2.05) is 30.1 Å². The maximum absolute atomic E-state index is 12.5. The number of carbonyl (C=O) groups is 1. The number of nitrogens with two attached hydrogens (primary N) is 1. The molecule has 0 saturated heterocycles. The van der Waals surface area contributed by atoms with E-state index >= 15 is 0 Å². The van der Waals surface area contributed by atoms with Crippen molar-refractivity contribution >= 4 is 5.91 Å². The normalized spacial score (nSPS) is 12.2. The standard InChI is InChI=1S/C17H28N2O/c1-4-6-9-14(5-2)17(20)19(3)13-16-11-8-7-10-15(16)12-18/h7-8,10-11,14H,4-6,9,12-13,18H2,1-3H3. The Kier molecular flexibility index (Phi) is 7.31. The summed E-state index contributed by atoms with van der Waals surface area (Å²) in [6, 6.07) is 8.08. The molecule has 1 aromatic rings. The average Bonchev–Trinajstić information content (AvgIpc) is 2.48. The second kappa shape index (κ2) is 8.75. The summed E-state index contributed by atoms with van der Waals surface area (Å²) in [6.45, 7) is 5.43. The third-order valence-electron chi connectivity index (χ3n) is 3.87. The summed E-state index contributed by atoms with van der Waals surface area (Å²) in [5, 5.41) is 0. The quantitative estimate of drug-likeness (QED) is 0.791. The van der Waals surface area contributed by atoms with E-state index in [0.29, 0.717) is 13.1 Å². The Morgan fingerprint density at radius 1 is 1.25 bits per heavy atom. The molecule has 2 N–H and O–H groups in total. The topological polar surface area (TPSA) is 46.3 Å². The van der Waals surface area contributed by atoms with Crippen LogP contribution in [0.5, 0.6) is 0 Å². The molecular weight excluding hydrogens is 248 g/mol. The van der Waals surface area contributed by atoms with Crippen LogP contribution in [0.1, 0.15) is 50.7 Å². The van der Waals surface area contributed by atoms with E-state index in [0.717, 1.165) is 36.8 Å². The Labute approximate surface area is 123 Å². The predicted molar refractivity (Wildman–Crippen MR) is 84.1 cm³/mol. The highest BCUT2D eigenvalue weighted by Crippen LogP contribution is 2.17. The predicted octanol–water partition coefficient (Wildman–Crippen LogP) is 3.32. The van der Waals surface area contributed by atoms with Gasteiger partial charge in [0.25, 0.3) is 0 Å². The van der Waals surface area contributed by atoms with E-state index in [1.165, 1.54) is 0 Å². The molecule has 3 nitrogen and oxygen atoms in total. The van der Waals surface area contributed by atoms with Crippen LogP contribution in [0.2, 0.25) is 0 Å². The average molecular weight is 276 g/mol. The van der Waals surface area contributed by atoms with Gasteiger partial charge in [-0.1, -0.05) is 51.0 Å². The third-order valence-corrected chi connectivity index (χ3v) is 3.87. The van der Waals surface area contributed by atoms with Gasteiger partial charge in [-0.25, -0.2) is 0 Å². The van der Waals surface area contributed by atoms with Crippen molar-refractivity contribution in [3.8, 4) is 0 Å². The highest BCUT2D eigenvalue weighted by atomic mass is 16.2. The molecule has 112 valence electrons. The van der Waals surface area contributed by atoms with E-state index in [1.54, 1.807) is 0 Å². The van der Waals surface area contributed by atoms with Crippen LogP contribution in [0.4, 0.5) is 0 Å². The molecule has 0 radical (unpaired) electrons. The summed E-state index contributed by atoms with van der Waals surface area (Å²) in [5.74, 6) is 0.415. The Hall–Kier alpha value is -1.35. The van der Waals surface area contributed by atoms with Crippen LogP contribution in [0.3, 0.4) is 0 Å². The fourth-order valence-electron chi connectivity index (χ4n) is 2.51. The molecule has 1 aromatic carbocycles. The Balaban J connectivity index is 2.68. The third kappa shape index (κ3) is 4.64. The summed E-state index contributed by atoms with van der Waals surface area (Å²) in [7, 11) is 1.89. The van der Waals surface area contributed by atoms with Crippen LogP contribution in [0, 0.1) is 5.92 Å². The van der Waals surface area contributed by atoms with Gasteiger partial charge < -0.3 is 10.6 Å². The van der Waals surface area contributed by atoms with Crippen LogP contribution in [0.25, 0.3) is 0 Å². The zero-order valence-electron chi connectivity index (χ0n) is 13.1. The lowest BCUT2D eigenvalue weighted by atomic mass is 9.97. The van der Waals surface area contributed by atoms with Gasteiger partial charge in [0.2, 0.25) is 5.91 Å². The summed E-state index contributed by atoms with van der Waals surface area (Å²) in [6.07, 6.45) is 4.18. The van der Waals surface area contributed by atoms with Crippen molar-refractivity contribution in [3.63, 3.8) is 0 Å². The lowest BCUT2D eigenvalue weighted by molar-refractivity contribution is -0.135. The smallest absolute Gasteiger partial charge is 0.225 e. The molecule has 0 aliphatic rings. The van der Waals surface area contributed by atoms with Gasteiger partial charge in [-0.2, -0.15) is 0 Å². The fraction of sp³-hybridized carbons (Fsp3) is 0.588. The van der Waals surface area contributed by atoms with E-state index in [9.17, 15) is 4.79 Å². The molecule has 1 atom stereocenters. The van der Waals surface area contributed by atoms with Gasteiger partial charge in [-0.3, -0.25) is 4.79 Å². The molecule has 0 saturated carbocycles. The Morgan fingerprint density at radius 3 is 2.45 bits per heavy atom. The second-order valence-corrected chi connectivity index (χ2v) is 5.41. The lowest BCUT2D eigenvalue weighted by Crippen LogP contribution is -2.32. The fourth-order valence-corrected chi connectivity index (χ4v) is 2.51. The summed E-state index contributed by atoms with van der Waals surface area (Å²) >= 11 is 0. The minimum atomic E-state index is 0.157. The first-order valence-corrected chi connectivity index (χ1v) is 7.65. The minimum Gasteiger partial charge on any atom is -0.341 e. The van der Waals surface area contributed by atoms with Gasteiger partial charge in [0.1, 0.15) is 0 Å². The van der Waals surface area contributed by atoms with Crippen LogP contribution >= 0.6 is 0 Å². The molecule has 3 heteroatoms. The molecule has 0 fully saturated rings.